The number of anilines is 6. The molecule has 9 rings (SSSR count). The van der Waals surface area contributed by atoms with E-state index >= 15 is 0 Å². The van der Waals surface area contributed by atoms with E-state index in [0.717, 1.165) is 20.2 Å². The van der Waals surface area contributed by atoms with Crippen LogP contribution in [0.2, 0.25) is 0 Å². The number of hydrogen-bond acceptors (Lipinski definition) is 3. The van der Waals surface area contributed by atoms with Crippen molar-refractivity contribution >= 4 is 65.6 Å². The van der Waals surface area contributed by atoms with Gasteiger partial charge in [0, 0.05) is 43.9 Å². The molecule has 242 valence electrons. The molecule has 0 saturated heterocycles. The van der Waals surface area contributed by atoms with Crippen LogP contribution in [-0.2, 0) is 0 Å². The fourth-order valence-electron chi connectivity index (χ4n) is 6.08. The average molecular weight is 683 g/mol. The normalized spacial score (nSPS) is 14.4. The number of rotatable bonds is 8. The lowest BCUT2D eigenvalue weighted by Gasteiger charge is -2.26. The molecule has 1 aromatic heterocycles. The molecule has 0 atom stereocenters. The first-order chi connectivity index (χ1) is 30.3. The first-order valence-corrected chi connectivity index (χ1v) is 17.1. The predicted octanol–water partition coefficient (Wildman–Crippen LogP) is 14.3. The summed E-state index contributed by atoms with van der Waals surface area (Å²) in [6, 6.07) is 33.2. The highest BCUT2D eigenvalue weighted by atomic mass is 32.1. The van der Waals surface area contributed by atoms with Crippen LogP contribution in [0.3, 0.4) is 0 Å². The van der Waals surface area contributed by atoms with Crippen LogP contribution in [0.1, 0.15) is 16.4 Å². The number of hydrogen-bond donors (Lipinski definition) is 0. The monoisotopic (exact) mass is 682 g/mol. The molecule has 0 spiro atoms. The molecular formula is C48H34N2S. The minimum absolute atomic E-state index is 0.0828. The molecule has 3 heteroatoms. The summed E-state index contributed by atoms with van der Waals surface area (Å²) in [5.74, 6) is 0. The lowest BCUT2D eigenvalue weighted by Crippen LogP contribution is -2.09. The Morgan fingerprint density at radius 2 is 0.725 bits per heavy atom. The molecule has 0 saturated carbocycles. The van der Waals surface area contributed by atoms with Gasteiger partial charge in [-0.1, -0.05) is 133 Å². The zero-order chi connectivity index (χ0) is 44.4. The van der Waals surface area contributed by atoms with E-state index in [2.05, 4.69) is 0 Å². The van der Waals surface area contributed by atoms with E-state index in [1.807, 2.05) is 60.7 Å². The summed E-state index contributed by atoms with van der Waals surface area (Å²) >= 11 is 1.53. The molecule has 0 aliphatic carbocycles. The van der Waals surface area contributed by atoms with Gasteiger partial charge in [-0.2, -0.15) is 0 Å². The third-order valence-electron chi connectivity index (χ3n) is 8.46. The van der Waals surface area contributed by atoms with Crippen molar-refractivity contribution in [1.82, 2.24) is 0 Å². The van der Waals surface area contributed by atoms with Gasteiger partial charge in [0.25, 0.3) is 0 Å². The number of nitrogens with zero attached hydrogens (tertiary/aromatic N) is 2. The maximum atomic E-state index is 9.43. The third kappa shape index (κ3) is 5.94. The smallest absolute Gasteiger partial charge is 0.0645 e. The highest BCUT2D eigenvalue weighted by Crippen LogP contribution is 2.45. The van der Waals surface area contributed by atoms with Crippen LogP contribution in [0.25, 0.3) is 42.4 Å². The number of thiophene rings is 1. The fraction of sp³-hybridized carbons (Fsp3) is 0. The Morgan fingerprint density at radius 3 is 1.24 bits per heavy atom. The van der Waals surface area contributed by atoms with E-state index in [1.54, 1.807) is 82.6 Å². The summed E-state index contributed by atoms with van der Waals surface area (Å²) in [6.07, 6.45) is 0. The lowest BCUT2D eigenvalue weighted by molar-refractivity contribution is 1.28. The van der Waals surface area contributed by atoms with Gasteiger partial charge in [0.15, 0.2) is 0 Å². The maximum Gasteiger partial charge on any atom is 0.0645 e. The topological polar surface area (TPSA) is 6.48 Å². The molecule has 0 aliphatic heterocycles. The summed E-state index contributed by atoms with van der Waals surface area (Å²) < 4.78 is 113. The van der Waals surface area contributed by atoms with Crippen molar-refractivity contribution in [2.45, 2.75) is 0 Å². The molecule has 51 heavy (non-hydrogen) atoms. The molecule has 0 radical (unpaired) electrons. The molecule has 9 aromatic rings. The van der Waals surface area contributed by atoms with Crippen LogP contribution < -0.4 is 9.80 Å². The first kappa shape index (κ1) is 20.3. The quantitative estimate of drug-likeness (QED) is 0.157. The molecular weight excluding hydrogens is 637 g/mol. The van der Waals surface area contributed by atoms with E-state index in [4.69, 9.17) is 0 Å². The molecule has 0 bridgehead atoms. The minimum Gasteiger partial charge on any atom is -0.311 e. The van der Waals surface area contributed by atoms with Crippen LogP contribution in [-0.4, -0.2) is 0 Å². The highest BCUT2D eigenvalue weighted by molar-refractivity contribution is 7.26. The van der Waals surface area contributed by atoms with Crippen molar-refractivity contribution in [3.8, 4) is 22.3 Å². The summed E-state index contributed by atoms with van der Waals surface area (Å²) in [5, 5.41) is 1.98. The highest BCUT2D eigenvalue weighted by Gasteiger charge is 2.18. The van der Waals surface area contributed by atoms with Crippen LogP contribution in [0.15, 0.2) is 206 Å². The van der Waals surface area contributed by atoms with Gasteiger partial charge in [-0.3, -0.25) is 0 Å². The van der Waals surface area contributed by atoms with E-state index in [9.17, 15) is 16.4 Å². The molecule has 0 fully saturated rings. The summed E-state index contributed by atoms with van der Waals surface area (Å²) in [7, 11) is 0. The molecule has 0 amide bonds. The standard InChI is InChI=1S/C48H34N2S/c1-4-13-39(14-5-1)49(40-15-6-2-7-16-40)42-31-27-37(28-32-42)35-23-25-36(26-24-35)38-29-33-43(34-30-38)50(41-17-8-3-9-18-41)46-21-12-20-45-44-19-10-11-22-47(44)51-48(45)46/h1-34H/i23D,24D,25D,26D,27D,28D,29D,30D,31D,32D,33D,34D. The fourth-order valence-corrected chi connectivity index (χ4v) is 7.29. The van der Waals surface area contributed by atoms with Gasteiger partial charge < -0.3 is 9.80 Å². The van der Waals surface area contributed by atoms with Crippen molar-refractivity contribution in [3.63, 3.8) is 0 Å². The molecule has 8 aromatic carbocycles. The molecule has 0 N–H and O–H groups in total. The third-order valence-corrected chi connectivity index (χ3v) is 9.67. The summed E-state index contributed by atoms with van der Waals surface area (Å²) in [4.78, 5) is 3.25. The number of fused-ring (bicyclic) bond motifs is 3. The SMILES string of the molecule is [2H]c1c([2H])c(-c2c([2H])c([2H])c(N(c3ccccc3)c3cccc4c3sc3ccccc34)c([2H])c2[2H])c([2H])c([2H])c1-c1c([2H])c([2H])c(N(c2ccccc2)c2ccccc2)c([2H])c1[2H]. The largest absolute Gasteiger partial charge is 0.311 e. The Bertz CT molecular complexity index is 3140. The van der Waals surface area contributed by atoms with Gasteiger partial charge in [-0.25, -0.2) is 0 Å². The molecule has 0 aliphatic rings. The zero-order valence-electron chi connectivity index (χ0n) is 39.0. The van der Waals surface area contributed by atoms with E-state index < -0.39 is 94.8 Å². The van der Waals surface area contributed by atoms with E-state index in [-0.39, 0.29) is 11.4 Å². The molecule has 2 nitrogen and oxygen atoms in total. The molecule has 0 unspecified atom stereocenters. The van der Waals surface area contributed by atoms with Gasteiger partial charge >= 0.3 is 0 Å². The van der Waals surface area contributed by atoms with Crippen molar-refractivity contribution in [3.05, 3.63) is 206 Å². The van der Waals surface area contributed by atoms with Crippen molar-refractivity contribution in [2.24, 2.45) is 0 Å². The van der Waals surface area contributed by atoms with Gasteiger partial charge in [0.1, 0.15) is 0 Å². The van der Waals surface area contributed by atoms with Crippen LogP contribution in [0, 0.1) is 0 Å². The maximum absolute atomic E-state index is 9.43. The van der Waals surface area contributed by atoms with E-state index in [1.165, 1.54) is 11.3 Å². The Morgan fingerprint density at radius 1 is 0.333 bits per heavy atom. The van der Waals surface area contributed by atoms with Gasteiger partial charge in [-0.15, -0.1) is 11.3 Å². The Balaban J connectivity index is 1.23. The van der Waals surface area contributed by atoms with Crippen molar-refractivity contribution < 1.29 is 16.4 Å². The molecule has 1 heterocycles. The zero-order valence-corrected chi connectivity index (χ0v) is 27.8. The van der Waals surface area contributed by atoms with Crippen molar-refractivity contribution in [2.75, 3.05) is 9.80 Å². The minimum atomic E-state index is -0.731. The summed E-state index contributed by atoms with van der Waals surface area (Å²) in [5.41, 5.74) is 0.207. The van der Waals surface area contributed by atoms with Crippen LogP contribution in [0.5, 0.6) is 0 Å². The van der Waals surface area contributed by atoms with Gasteiger partial charge in [0.05, 0.1) is 26.8 Å². The summed E-state index contributed by atoms with van der Waals surface area (Å²) in [6.45, 7) is 0. The second-order valence-corrected chi connectivity index (χ2v) is 12.7. The first-order valence-electron chi connectivity index (χ1n) is 22.3. The average Bonchev–Trinajstić information content (AvgIpc) is 3.69. The van der Waals surface area contributed by atoms with Crippen molar-refractivity contribution in [1.29, 1.82) is 0 Å². The second kappa shape index (κ2) is 13.5. The second-order valence-electron chi connectivity index (χ2n) is 11.6. The van der Waals surface area contributed by atoms with Crippen LogP contribution >= 0.6 is 11.3 Å². The van der Waals surface area contributed by atoms with Gasteiger partial charge in [-0.05, 0) is 95.0 Å². The van der Waals surface area contributed by atoms with Gasteiger partial charge in [0.2, 0.25) is 0 Å². The Hall–Kier alpha value is -6.42. The van der Waals surface area contributed by atoms with Crippen LogP contribution in [0.4, 0.5) is 34.1 Å². The van der Waals surface area contributed by atoms with E-state index in [0.29, 0.717) is 22.7 Å². The number of benzene rings is 8. The Kier molecular flexibility index (Phi) is 5.36. The Labute approximate surface area is 319 Å². The predicted molar refractivity (Wildman–Crippen MR) is 220 cm³/mol. The lowest BCUT2D eigenvalue weighted by atomic mass is 9.99. The number of para-hydroxylation sites is 3.